The molecule has 1 aromatic heterocycles. The molecule has 0 fully saturated rings. The average molecular weight is 299 g/mol. The van der Waals surface area contributed by atoms with Gasteiger partial charge in [0.05, 0.1) is 0 Å². The Hall–Kier alpha value is -1.36. The molecule has 0 aliphatic rings. The molecule has 2 aromatic rings. The SMILES string of the molecule is CCOCc1nc(Cl)cc(Oc2ccc(Cl)cc2)n1. The summed E-state index contributed by atoms with van der Waals surface area (Å²) in [7, 11) is 0. The Labute approximate surface area is 121 Å². The summed E-state index contributed by atoms with van der Waals surface area (Å²) < 4.78 is 10.8. The van der Waals surface area contributed by atoms with Gasteiger partial charge in [-0.15, -0.1) is 0 Å². The van der Waals surface area contributed by atoms with Gasteiger partial charge < -0.3 is 9.47 Å². The van der Waals surface area contributed by atoms with Gasteiger partial charge in [0.1, 0.15) is 17.5 Å². The van der Waals surface area contributed by atoms with Crippen molar-refractivity contribution in [1.29, 1.82) is 0 Å². The third-order valence-corrected chi connectivity index (χ3v) is 2.63. The Morgan fingerprint density at radius 3 is 2.53 bits per heavy atom. The molecule has 6 heteroatoms. The summed E-state index contributed by atoms with van der Waals surface area (Å²) >= 11 is 11.7. The molecule has 0 atom stereocenters. The van der Waals surface area contributed by atoms with Crippen molar-refractivity contribution >= 4 is 23.2 Å². The van der Waals surface area contributed by atoms with E-state index in [1.54, 1.807) is 30.3 Å². The van der Waals surface area contributed by atoms with Crippen LogP contribution in [0, 0.1) is 0 Å². The van der Waals surface area contributed by atoms with Gasteiger partial charge in [0.25, 0.3) is 0 Å². The molecule has 19 heavy (non-hydrogen) atoms. The zero-order chi connectivity index (χ0) is 13.7. The largest absolute Gasteiger partial charge is 0.439 e. The maximum absolute atomic E-state index is 5.91. The minimum Gasteiger partial charge on any atom is -0.439 e. The lowest BCUT2D eigenvalue weighted by atomic mass is 10.3. The fraction of sp³-hybridized carbons (Fsp3) is 0.231. The molecular weight excluding hydrogens is 287 g/mol. The Morgan fingerprint density at radius 1 is 1.11 bits per heavy atom. The number of ether oxygens (including phenoxy) is 2. The van der Waals surface area contributed by atoms with Crippen LogP contribution in [0.3, 0.4) is 0 Å². The third-order valence-electron chi connectivity index (χ3n) is 2.19. The first-order valence-electron chi connectivity index (χ1n) is 5.72. The van der Waals surface area contributed by atoms with Crippen LogP contribution in [-0.4, -0.2) is 16.6 Å². The molecular formula is C13H12Cl2N2O2. The van der Waals surface area contributed by atoms with Crippen LogP contribution in [0.2, 0.25) is 10.2 Å². The van der Waals surface area contributed by atoms with Gasteiger partial charge in [-0.2, -0.15) is 4.98 Å². The molecule has 0 spiro atoms. The summed E-state index contributed by atoms with van der Waals surface area (Å²) in [6, 6.07) is 8.52. The Balaban J connectivity index is 2.15. The molecule has 1 heterocycles. The van der Waals surface area contributed by atoms with E-state index in [1.807, 2.05) is 6.92 Å². The molecule has 100 valence electrons. The molecule has 1 aromatic carbocycles. The zero-order valence-electron chi connectivity index (χ0n) is 10.3. The van der Waals surface area contributed by atoms with Crippen molar-refractivity contribution in [3.8, 4) is 11.6 Å². The van der Waals surface area contributed by atoms with Crippen LogP contribution in [0.4, 0.5) is 0 Å². The van der Waals surface area contributed by atoms with Crippen LogP contribution >= 0.6 is 23.2 Å². The average Bonchev–Trinajstić information content (AvgIpc) is 2.38. The molecule has 0 unspecified atom stereocenters. The van der Waals surface area contributed by atoms with Gasteiger partial charge in [-0.05, 0) is 31.2 Å². The van der Waals surface area contributed by atoms with Crippen LogP contribution in [0.25, 0.3) is 0 Å². The van der Waals surface area contributed by atoms with Crippen molar-refractivity contribution in [3.63, 3.8) is 0 Å². The Kier molecular flexibility index (Phi) is 4.96. The van der Waals surface area contributed by atoms with Gasteiger partial charge in [0.2, 0.25) is 5.88 Å². The normalized spacial score (nSPS) is 10.5. The highest BCUT2D eigenvalue weighted by Gasteiger charge is 2.05. The van der Waals surface area contributed by atoms with E-state index in [-0.39, 0.29) is 0 Å². The maximum Gasteiger partial charge on any atom is 0.224 e. The van der Waals surface area contributed by atoms with Gasteiger partial charge in [-0.1, -0.05) is 23.2 Å². The van der Waals surface area contributed by atoms with Crippen LogP contribution in [0.15, 0.2) is 30.3 Å². The second-order valence-electron chi connectivity index (χ2n) is 3.64. The van der Waals surface area contributed by atoms with E-state index in [9.17, 15) is 0 Å². The number of nitrogens with zero attached hydrogens (tertiary/aromatic N) is 2. The van der Waals surface area contributed by atoms with E-state index in [0.29, 0.717) is 40.8 Å². The fourth-order valence-electron chi connectivity index (χ4n) is 1.38. The molecule has 0 bridgehead atoms. The maximum atomic E-state index is 5.91. The lowest BCUT2D eigenvalue weighted by molar-refractivity contribution is 0.128. The summed E-state index contributed by atoms with van der Waals surface area (Å²) in [5.41, 5.74) is 0. The van der Waals surface area contributed by atoms with Crippen molar-refractivity contribution in [1.82, 2.24) is 9.97 Å². The quantitative estimate of drug-likeness (QED) is 0.779. The fourth-order valence-corrected chi connectivity index (χ4v) is 1.69. The van der Waals surface area contributed by atoms with Gasteiger partial charge >= 0.3 is 0 Å². The van der Waals surface area contributed by atoms with E-state index < -0.39 is 0 Å². The number of halogens is 2. The minimum absolute atomic E-state index is 0.300. The Morgan fingerprint density at radius 2 is 1.84 bits per heavy atom. The smallest absolute Gasteiger partial charge is 0.224 e. The summed E-state index contributed by atoms with van der Waals surface area (Å²) in [6.07, 6.45) is 0. The van der Waals surface area contributed by atoms with E-state index in [2.05, 4.69) is 9.97 Å². The molecule has 4 nitrogen and oxygen atoms in total. The lowest BCUT2D eigenvalue weighted by Gasteiger charge is -2.07. The molecule has 0 saturated heterocycles. The lowest BCUT2D eigenvalue weighted by Crippen LogP contribution is -2.00. The predicted octanol–water partition coefficient (Wildman–Crippen LogP) is 4.11. The van der Waals surface area contributed by atoms with E-state index in [4.69, 9.17) is 32.7 Å². The van der Waals surface area contributed by atoms with Gasteiger partial charge in [0.15, 0.2) is 5.82 Å². The standard InChI is InChI=1S/C13H12Cl2N2O2/c1-2-18-8-12-16-11(15)7-13(17-12)19-10-5-3-9(14)4-6-10/h3-7H,2,8H2,1H3. The van der Waals surface area contributed by atoms with Crippen LogP contribution < -0.4 is 4.74 Å². The monoisotopic (exact) mass is 298 g/mol. The highest BCUT2D eigenvalue weighted by molar-refractivity contribution is 6.30. The van der Waals surface area contributed by atoms with E-state index >= 15 is 0 Å². The van der Waals surface area contributed by atoms with Gasteiger partial charge in [0, 0.05) is 17.7 Å². The predicted molar refractivity (Wildman–Crippen MR) is 73.9 cm³/mol. The molecule has 0 aliphatic heterocycles. The molecule has 0 N–H and O–H groups in total. The van der Waals surface area contributed by atoms with Crippen LogP contribution in [0.5, 0.6) is 11.6 Å². The topological polar surface area (TPSA) is 44.2 Å². The van der Waals surface area contributed by atoms with Gasteiger partial charge in [-0.3, -0.25) is 0 Å². The highest BCUT2D eigenvalue weighted by Crippen LogP contribution is 2.23. The van der Waals surface area contributed by atoms with Crippen molar-refractivity contribution in [2.24, 2.45) is 0 Å². The first kappa shape index (κ1) is 14.1. The molecule has 0 saturated carbocycles. The van der Waals surface area contributed by atoms with E-state index in [1.165, 1.54) is 0 Å². The molecule has 0 radical (unpaired) electrons. The van der Waals surface area contributed by atoms with Crippen molar-refractivity contribution < 1.29 is 9.47 Å². The number of hydrogen-bond donors (Lipinski definition) is 0. The highest BCUT2D eigenvalue weighted by atomic mass is 35.5. The summed E-state index contributed by atoms with van der Waals surface area (Å²) in [6.45, 7) is 2.78. The molecule has 0 aliphatic carbocycles. The van der Waals surface area contributed by atoms with Crippen molar-refractivity contribution in [3.05, 3.63) is 46.3 Å². The van der Waals surface area contributed by atoms with Gasteiger partial charge in [-0.25, -0.2) is 4.98 Å². The summed E-state index contributed by atoms with van der Waals surface area (Å²) in [5.74, 6) is 1.48. The summed E-state index contributed by atoms with van der Waals surface area (Å²) in [5, 5.41) is 0.957. The number of benzene rings is 1. The summed E-state index contributed by atoms with van der Waals surface area (Å²) in [4.78, 5) is 8.27. The first-order chi connectivity index (χ1) is 9.17. The number of aromatic nitrogens is 2. The number of rotatable bonds is 5. The molecule has 2 rings (SSSR count). The number of hydrogen-bond acceptors (Lipinski definition) is 4. The van der Waals surface area contributed by atoms with Crippen molar-refractivity contribution in [2.75, 3.05) is 6.61 Å². The minimum atomic E-state index is 0.300. The van der Waals surface area contributed by atoms with Crippen molar-refractivity contribution in [2.45, 2.75) is 13.5 Å². The first-order valence-corrected chi connectivity index (χ1v) is 6.47. The van der Waals surface area contributed by atoms with Crippen LogP contribution in [0.1, 0.15) is 12.7 Å². The third kappa shape index (κ3) is 4.35. The van der Waals surface area contributed by atoms with E-state index in [0.717, 1.165) is 0 Å². The molecule has 0 amide bonds. The zero-order valence-corrected chi connectivity index (χ0v) is 11.8. The second-order valence-corrected chi connectivity index (χ2v) is 4.46. The second kappa shape index (κ2) is 6.70. The Bertz CT molecular complexity index is 547. The van der Waals surface area contributed by atoms with Crippen LogP contribution in [-0.2, 0) is 11.3 Å².